The van der Waals surface area contributed by atoms with Gasteiger partial charge in [-0.3, -0.25) is 4.79 Å². The zero-order valence-electron chi connectivity index (χ0n) is 13.7. The Morgan fingerprint density at radius 2 is 2.26 bits per heavy atom. The maximum absolute atomic E-state index is 12.1. The van der Waals surface area contributed by atoms with Crippen LogP contribution in [0.2, 0.25) is 0 Å². The summed E-state index contributed by atoms with van der Waals surface area (Å²) in [7, 11) is 0. The standard InChI is InChI=1S/C18H25N3OS/c1-13-10-11-19-12-15(13)20-17(22)8-4-5-9-18-21-14-6-2-3-7-16(14)23-18/h2-3,6-7,13,15,19H,4-5,8-12H2,1H3,(H,20,22). The SMILES string of the molecule is CC1CCNCC1NC(=O)CCCCc1nc2ccccc2s1. The quantitative estimate of drug-likeness (QED) is 0.800. The second-order valence-electron chi connectivity index (χ2n) is 6.43. The molecule has 0 bridgehead atoms. The van der Waals surface area contributed by atoms with Crippen molar-refractivity contribution >= 4 is 27.5 Å². The lowest BCUT2D eigenvalue weighted by Crippen LogP contribution is -2.50. The van der Waals surface area contributed by atoms with Crippen LogP contribution in [0.25, 0.3) is 10.2 Å². The van der Waals surface area contributed by atoms with Gasteiger partial charge in [0.25, 0.3) is 0 Å². The molecule has 4 nitrogen and oxygen atoms in total. The Bertz CT molecular complexity index is 622. The molecule has 0 radical (unpaired) electrons. The van der Waals surface area contributed by atoms with Gasteiger partial charge in [-0.1, -0.05) is 19.1 Å². The third-order valence-corrected chi connectivity index (χ3v) is 5.65. The highest BCUT2D eigenvalue weighted by Gasteiger charge is 2.22. The van der Waals surface area contributed by atoms with Gasteiger partial charge < -0.3 is 10.6 Å². The van der Waals surface area contributed by atoms with Crippen LogP contribution in [0.1, 0.15) is 37.6 Å². The van der Waals surface area contributed by atoms with E-state index in [0.29, 0.717) is 18.4 Å². The molecular formula is C18H25N3OS. The number of carbonyl (C=O) groups excluding carboxylic acids is 1. The number of aryl methyl sites for hydroxylation is 1. The van der Waals surface area contributed by atoms with E-state index in [4.69, 9.17) is 0 Å². The number of aromatic nitrogens is 1. The van der Waals surface area contributed by atoms with Gasteiger partial charge in [0.05, 0.1) is 15.2 Å². The van der Waals surface area contributed by atoms with E-state index in [9.17, 15) is 4.79 Å². The van der Waals surface area contributed by atoms with E-state index in [2.05, 4.69) is 40.7 Å². The molecular weight excluding hydrogens is 306 g/mol. The zero-order chi connectivity index (χ0) is 16.1. The number of nitrogens with zero attached hydrogens (tertiary/aromatic N) is 1. The zero-order valence-corrected chi connectivity index (χ0v) is 14.5. The fraction of sp³-hybridized carbons (Fsp3) is 0.556. The molecule has 1 aliphatic heterocycles. The van der Waals surface area contributed by atoms with Crippen molar-refractivity contribution in [1.82, 2.24) is 15.6 Å². The lowest BCUT2D eigenvalue weighted by Gasteiger charge is -2.30. The first-order chi connectivity index (χ1) is 11.2. The Hall–Kier alpha value is -1.46. The normalized spacial score (nSPS) is 21.4. The molecule has 3 rings (SSSR count). The average Bonchev–Trinajstić information content (AvgIpc) is 2.96. The number of unbranched alkanes of at least 4 members (excludes halogenated alkanes) is 1. The summed E-state index contributed by atoms with van der Waals surface area (Å²) in [5.41, 5.74) is 1.09. The minimum Gasteiger partial charge on any atom is -0.352 e. The van der Waals surface area contributed by atoms with Crippen molar-refractivity contribution in [3.63, 3.8) is 0 Å². The van der Waals surface area contributed by atoms with Crippen molar-refractivity contribution in [3.05, 3.63) is 29.3 Å². The van der Waals surface area contributed by atoms with Gasteiger partial charge in [-0.25, -0.2) is 4.98 Å². The third kappa shape index (κ3) is 4.52. The van der Waals surface area contributed by atoms with Crippen molar-refractivity contribution in [2.45, 2.75) is 45.1 Å². The van der Waals surface area contributed by atoms with Crippen molar-refractivity contribution in [2.24, 2.45) is 5.92 Å². The second kappa shape index (κ2) is 7.88. The molecule has 1 aromatic carbocycles. The largest absolute Gasteiger partial charge is 0.352 e. The molecule has 2 atom stereocenters. The summed E-state index contributed by atoms with van der Waals surface area (Å²) < 4.78 is 1.25. The molecule has 0 aliphatic carbocycles. The van der Waals surface area contributed by atoms with E-state index in [1.165, 1.54) is 9.71 Å². The van der Waals surface area contributed by atoms with Gasteiger partial charge in [0.15, 0.2) is 0 Å². The molecule has 23 heavy (non-hydrogen) atoms. The number of hydrogen-bond acceptors (Lipinski definition) is 4. The summed E-state index contributed by atoms with van der Waals surface area (Å²) in [6.07, 6.45) is 4.67. The summed E-state index contributed by atoms with van der Waals surface area (Å²) >= 11 is 1.76. The highest BCUT2D eigenvalue weighted by atomic mass is 32.1. The minimum absolute atomic E-state index is 0.190. The second-order valence-corrected chi connectivity index (χ2v) is 7.54. The molecule has 2 N–H and O–H groups in total. The fourth-order valence-corrected chi connectivity index (χ4v) is 4.06. The maximum Gasteiger partial charge on any atom is 0.220 e. The molecule has 2 heterocycles. The van der Waals surface area contributed by atoms with Gasteiger partial charge in [0.1, 0.15) is 0 Å². The van der Waals surface area contributed by atoms with E-state index >= 15 is 0 Å². The summed E-state index contributed by atoms with van der Waals surface area (Å²) in [5, 5.41) is 7.70. The number of fused-ring (bicyclic) bond motifs is 1. The minimum atomic E-state index is 0.190. The topological polar surface area (TPSA) is 54.0 Å². The summed E-state index contributed by atoms with van der Waals surface area (Å²) in [4.78, 5) is 16.7. The monoisotopic (exact) mass is 331 g/mol. The van der Waals surface area contributed by atoms with E-state index in [-0.39, 0.29) is 5.91 Å². The predicted octanol–water partition coefficient (Wildman–Crippen LogP) is 3.12. The molecule has 2 unspecified atom stereocenters. The van der Waals surface area contributed by atoms with Crippen LogP contribution >= 0.6 is 11.3 Å². The van der Waals surface area contributed by atoms with Crippen LogP contribution in [0.15, 0.2) is 24.3 Å². The predicted molar refractivity (Wildman–Crippen MR) is 95.8 cm³/mol. The van der Waals surface area contributed by atoms with Gasteiger partial charge in [-0.2, -0.15) is 0 Å². The van der Waals surface area contributed by atoms with Gasteiger partial charge in [0, 0.05) is 19.0 Å². The van der Waals surface area contributed by atoms with Crippen molar-refractivity contribution < 1.29 is 4.79 Å². The molecule has 0 saturated carbocycles. The first-order valence-corrected chi connectivity index (χ1v) is 9.38. The molecule has 1 amide bonds. The number of hydrogen-bond donors (Lipinski definition) is 2. The Morgan fingerprint density at radius 3 is 3.09 bits per heavy atom. The van der Waals surface area contributed by atoms with Crippen molar-refractivity contribution in [2.75, 3.05) is 13.1 Å². The molecule has 124 valence electrons. The summed E-state index contributed by atoms with van der Waals surface area (Å²) in [6, 6.07) is 8.54. The number of carbonyl (C=O) groups is 1. The van der Waals surface area contributed by atoms with Gasteiger partial charge in [-0.05, 0) is 50.3 Å². The molecule has 1 fully saturated rings. The average molecular weight is 331 g/mol. The number of benzene rings is 1. The summed E-state index contributed by atoms with van der Waals surface area (Å²) in [6.45, 7) is 4.19. The van der Waals surface area contributed by atoms with E-state index in [1.54, 1.807) is 11.3 Å². The van der Waals surface area contributed by atoms with Crippen LogP contribution in [0.5, 0.6) is 0 Å². The maximum atomic E-state index is 12.1. The van der Waals surface area contributed by atoms with Crippen molar-refractivity contribution in [1.29, 1.82) is 0 Å². The number of thiazole rings is 1. The van der Waals surface area contributed by atoms with Gasteiger partial charge in [-0.15, -0.1) is 11.3 Å². The Balaban J connectivity index is 1.38. The number of rotatable bonds is 6. The smallest absolute Gasteiger partial charge is 0.220 e. The van der Waals surface area contributed by atoms with Crippen LogP contribution in [-0.4, -0.2) is 30.0 Å². The first kappa shape index (κ1) is 16.4. The van der Waals surface area contributed by atoms with Crippen molar-refractivity contribution in [3.8, 4) is 0 Å². The molecule has 5 heteroatoms. The van der Waals surface area contributed by atoms with Crippen LogP contribution < -0.4 is 10.6 Å². The van der Waals surface area contributed by atoms with Crippen LogP contribution in [-0.2, 0) is 11.2 Å². The number of nitrogens with one attached hydrogen (secondary N) is 2. The number of piperidine rings is 1. The molecule has 0 spiro atoms. The Morgan fingerprint density at radius 1 is 1.39 bits per heavy atom. The number of para-hydroxylation sites is 1. The van der Waals surface area contributed by atoms with E-state index in [0.717, 1.165) is 44.3 Å². The molecule has 1 aromatic heterocycles. The van der Waals surface area contributed by atoms with Crippen LogP contribution in [0.4, 0.5) is 0 Å². The summed E-state index contributed by atoms with van der Waals surface area (Å²) in [5.74, 6) is 0.762. The third-order valence-electron chi connectivity index (χ3n) is 4.56. The van der Waals surface area contributed by atoms with Gasteiger partial charge in [0.2, 0.25) is 5.91 Å². The fourth-order valence-electron chi connectivity index (χ4n) is 3.05. The van der Waals surface area contributed by atoms with Gasteiger partial charge >= 0.3 is 0 Å². The molecule has 1 aliphatic rings. The lowest BCUT2D eigenvalue weighted by atomic mass is 9.94. The Kier molecular flexibility index (Phi) is 5.62. The van der Waals surface area contributed by atoms with E-state index < -0.39 is 0 Å². The highest BCUT2D eigenvalue weighted by molar-refractivity contribution is 7.18. The Labute approximate surface area is 141 Å². The molecule has 2 aromatic rings. The van der Waals surface area contributed by atoms with Crippen LogP contribution in [0, 0.1) is 5.92 Å². The lowest BCUT2D eigenvalue weighted by molar-refractivity contribution is -0.122. The first-order valence-electron chi connectivity index (χ1n) is 8.57. The highest BCUT2D eigenvalue weighted by Crippen LogP contribution is 2.22. The van der Waals surface area contributed by atoms with E-state index in [1.807, 2.05) is 6.07 Å². The molecule has 1 saturated heterocycles. The number of amides is 1. The van der Waals surface area contributed by atoms with Crippen LogP contribution in [0.3, 0.4) is 0 Å².